The van der Waals surface area contributed by atoms with Gasteiger partial charge in [-0.2, -0.15) is 9.61 Å². The van der Waals surface area contributed by atoms with Crippen LogP contribution in [0.3, 0.4) is 0 Å². The minimum atomic E-state index is 0.299. The third-order valence-electron chi connectivity index (χ3n) is 5.85. The number of aryl methyl sites for hydroxylation is 1. The summed E-state index contributed by atoms with van der Waals surface area (Å²) in [5.41, 5.74) is 0.299. The van der Waals surface area contributed by atoms with Gasteiger partial charge in [0.1, 0.15) is 5.01 Å². The second kappa shape index (κ2) is 3.81. The molecule has 4 aliphatic rings. The molecule has 0 aliphatic heterocycles. The SMILES string of the molecule is CCc1nn2c(C34CC5CC(CC(C5)C3)C4)nnc2s1. The largest absolute Gasteiger partial charge is 0.234 e. The molecule has 20 heavy (non-hydrogen) atoms. The lowest BCUT2D eigenvalue weighted by atomic mass is 9.49. The molecule has 5 heteroatoms. The molecule has 0 radical (unpaired) electrons. The quantitative estimate of drug-likeness (QED) is 0.852. The minimum Gasteiger partial charge on any atom is -0.187 e. The molecule has 0 saturated heterocycles. The third-order valence-corrected chi connectivity index (χ3v) is 6.89. The second-order valence-corrected chi connectivity index (χ2v) is 8.31. The highest BCUT2D eigenvalue weighted by Gasteiger charge is 2.54. The van der Waals surface area contributed by atoms with Gasteiger partial charge in [0.05, 0.1) is 0 Å². The summed E-state index contributed by atoms with van der Waals surface area (Å²) in [5, 5.41) is 14.9. The summed E-state index contributed by atoms with van der Waals surface area (Å²) in [7, 11) is 0. The van der Waals surface area contributed by atoms with Crippen LogP contribution in [0.4, 0.5) is 0 Å². The Bertz CT molecular complexity index is 635. The summed E-state index contributed by atoms with van der Waals surface area (Å²) in [6, 6.07) is 0. The van der Waals surface area contributed by atoms with Crippen LogP contribution in [-0.4, -0.2) is 19.8 Å². The predicted octanol–water partition coefficient (Wildman–Crippen LogP) is 3.22. The van der Waals surface area contributed by atoms with Gasteiger partial charge in [0.25, 0.3) is 0 Å². The van der Waals surface area contributed by atoms with Gasteiger partial charge in [0.2, 0.25) is 4.96 Å². The fraction of sp³-hybridized carbons (Fsp3) is 0.800. The maximum absolute atomic E-state index is 4.76. The van der Waals surface area contributed by atoms with Crippen LogP contribution in [0.25, 0.3) is 4.96 Å². The maximum atomic E-state index is 4.76. The molecule has 0 atom stereocenters. The first-order valence-electron chi connectivity index (χ1n) is 7.97. The van der Waals surface area contributed by atoms with Crippen molar-refractivity contribution in [1.82, 2.24) is 19.8 Å². The van der Waals surface area contributed by atoms with E-state index in [1.807, 2.05) is 0 Å². The van der Waals surface area contributed by atoms with Gasteiger partial charge in [-0.25, -0.2) is 0 Å². The lowest BCUT2D eigenvalue weighted by molar-refractivity contribution is -0.0103. The van der Waals surface area contributed by atoms with Crippen LogP contribution in [0.2, 0.25) is 0 Å². The molecule has 0 N–H and O–H groups in total. The van der Waals surface area contributed by atoms with Crippen molar-refractivity contribution in [2.75, 3.05) is 0 Å². The number of fused-ring (bicyclic) bond motifs is 1. The first-order chi connectivity index (χ1) is 9.76. The number of hydrogen-bond donors (Lipinski definition) is 0. The molecular weight excluding hydrogens is 268 g/mol. The van der Waals surface area contributed by atoms with Crippen LogP contribution in [0, 0.1) is 17.8 Å². The summed E-state index contributed by atoms with van der Waals surface area (Å²) < 4.78 is 2.08. The van der Waals surface area contributed by atoms with Crippen molar-refractivity contribution in [2.45, 2.75) is 57.3 Å². The van der Waals surface area contributed by atoms with Crippen LogP contribution in [0.15, 0.2) is 0 Å². The summed E-state index contributed by atoms with van der Waals surface area (Å²) >= 11 is 1.70. The standard InChI is InChI=1S/C15H20N4S/c1-2-12-18-19-13(16-17-14(19)20-12)15-6-9-3-10(7-15)5-11(4-9)8-15/h9-11H,2-8H2,1H3. The molecule has 0 unspecified atom stereocenters. The Morgan fingerprint density at radius 3 is 2.35 bits per heavy atom. The zero-order valence-corrected chi connectivity index (χ0v) is 12.7. The van der Waals surface area contributed by atoms with Gasteiger partial charge in [-0.05, 0) is 62.7 Å². The van der Waals surface area contributed by atoms with Crippen LogP contribution in [0.1, 0.15) is 56.3 Å². The normalized spacial score (nSPS) is 39.0. The first-order valence-corrected chi connectivity index (χ1v) is 8.79. The highest BCUT2D eigenvalue weighted by Crippen LogP contribution is 2.60. The molecular formula is C15H20N4S. The predicted molar refractivity (Wildman–Crippen MR) is 77.9 cm³/mol. The van der Waals surface area contributed by atoms with Gasteiger partial charge >= 0.3 is 0 Å². The molecule has 0 aromatic carbocycles. The lowest BCUT2D eigenvalue weighted by Gasteiger charge is -2.55. The first kappa shape index (κ1) is 11.7. The van der Waals surface area contributed by atoms with Gasteiger partial charge < -0.3 is 0 Å². The zero-order valence-electron chi connectivity index (χ0n) is 11.9. The van der Waals surface area contributed by atoms with Crippen molar-refractivity contribution < 1.29 is 0 Å². The second-order valence-electron chi connectivity index (χ2n) is 7.27. The van der Waals surface area contributed by atoms with Crippen LogP contribution in [-0.2, 0) is 11.8 Å². The van der Waals surface area contributed by atoms with Crippen molar-refractivity contribution in [3.63, 3.8) is 0 Å². The lowest BCUT2D eigenvalue weighted by Crippen LogP contribution is -2.49. The van der Waals surface area contributed by atoms with Gasteiger partial charge in [0.15, 0.2) is 5.82 Å². The Labute approximate surface area is 122 Å². The molecule has 4 bridgehead atoms. The Balaban J connectivity index is 1.65. The summed E-state index contributed by atoms with van der Waals surface area (Å²) in [6.07, 6.45) is 9.40. The molecule has 0 spiro atoms. The average Bonchev–Trinajstić information content (AvgIpc) is 2.95. The van der Waals surface area contributed by atoms with Crippen molar-refractivity contribution in [3.8, 4) is 0 Å². The average molecular weight is 288 g/mol. The minimum absolute atomic E-state index is 0.299. The van der Waals surface area contributed by atoms with Gasteiger partial charge in [-0.1, -0.05) is 18.3 Å². The molecule has 4 saturated carbocycles. The van der Waals surface area contributed by atoms with Gasteiger partial charge in [-0.15, -0.1) is 10.2 Å². The molecule has 6 rings (SSSR count). The molecule has 4 fully saturated rings. The van der Waals surface area contributed by atoms with E-state index in [1.54, 1.807) is 11.3 Å². The number of hydrogen-bond acceptors (Lipinski definition) is 4. The molecule has 2 aromatic rings. The van der Waals surface area contributed by atoms with E-state index in [0.29, 0.717) is 5.41 Å². The Morgan fingerprint density at radius 1 is 1.10 bits per heavy atom. The van der Waals surface area contributed by atoms with E-state index in [1.165, 1.54) is 49.4 Å². The maximum Gasteiger partial charge on any atom is 0.234 e. The monoisotopic (exact) mass is 288 g/mol. The molecule has 2 aromatic heterocycles. The van der Waals surface area contributed by atoms with E-state index < -0.39 is 0 Å². The van der Waals surface area contributed by atoms with Crippen LogP contribution < -0.4 is 0 Å². The van der Waals surface area contributed by atoms with E-state index in [9.17, 15) is 0 Å². The van der Waals surface area contributed by atoms with E-state index in [-0.39, 0.29) is 0 Å². The number of aromatic nitrogens is 4. The van der Waals surface area contributed by atoms with Crippen molar-refractivity contribution >= 4 is 16.3 Å². The number of rotatable bonds is 2. The Morgan fingerprint density at radius 2 is 1.75 bits per heavy atom. The molecule has 4 nitrogen and oxygen atoms in total. The highest BCUT2D eigenvalue weighted by molar-refractivity contribution is 7.16. The van der Waals surface area contributed by atoms with E-state index in [2.05, 4.69) is 21.6 Å². The fourth-order valence-corrected chi connectivity index (χ4v) is 6.29. The summed E-state index contributed by atoms with van der Waals surface area (Å²) in [6.45, 7) is 2.16. The van der Waals surface area contributed by atoms with E-state index in [4.69, 9.17) is 5.10 Å². The number of nitrogens with zero attached hydrogens (tertiary/aromatic N) is 4. The van der Waals surface area contributed by atoms with Crippen molar-refractivity contribution in [3.05, 3.63) is 10.8 Å². The summed E-state index contributed by atoms with van der Waals surface area (Å²) in [5.74, 6) is 4.01. The van der Waals surface area contributed by atoms with Crippen molar-refractivity contribution in [2.24, 2.45) is 17.8 Å². The fourth-order valence-electron chi connectivity index (χ4n) is 5.51. The molecule has 4 aliphatic carbocycles. The van der Waals surface area contributed by atoms with E-state index in [0.717, 1.165) is 29.1 Å². The Hall–Kier alpha value is -0.970. The smallest absolute Gasteiger partial charge is 0.187 e. The van der Waals surface area contributed by atoms with Gasteiger partial charge in [0, 0.05) is 5.41 Å². The Kier molecular flexibility index (Phi) is 2.22. The molecule has 0 amide bonds. The van der Waals surface area contributed by atoms with Crippen molar-refractivity contribution in [1.29, 1.82) is 0 Å². The topological polar surface area (TPSA) is 43.1 Å². The van der Waals surface area contributed by atoms with Crippen LogP contribution in [0.5, 0.6) is 0 Å². The highest BCUT2D eigenvalue weighted by atomic mass is 32.1. The zero-order chi connectivity index (χ0) is 13.3. The summed E-state index contributed by atoms with van der Waals surface area (Å²) in [4.78, 5) is 0.993. The van der Waals surface area contributed by atoms with Crippen LogP contribution >= 0.6 is 11.3 Å². The van der Waals surface area contributed by atoms with Gasteiger partial charge in [-0.3, -0.25) is 0 Å². The van der Waals surface area contributed by atoms with E-state index >= 15 is 0 Å². The molecule has 2 heterocycles. The molecule has 106 valence electrons. The third kappa shape index (κ3) is 1.45.